The number of hydrogen-bond donors (Lipinski definition) is 1. The minimum Gasteiger partial charge on any atom is -0.384 e. The standard InChI is InChI=1S/C12H24N2O2/c1-3-4-11(13)12(15)14-7-5-10(6-8-14)9-16-2/h10-11H,3-9,13H2,1-2H3. The second kappa shape index (κ2) is 6.86. The highest BCUT2D eigenvalue weighted by atomic mass is 16.5. The third-order valence-corrected chi connectivity index (χ3v) is 3.25. The van der Waals surface area contributed by atoms with Gasteiger partial charge in [0.05, 0.1) is 6.04 Å². The molecule has 0 radical (unpaired) electrons. The molecule has 1 rings (SSSR count). The molecule has 1 unspecified atom stereocenters. The molecule has 0 aromatic heterocycles. The van der Waals surface area contributed by atoms with Crippen LogP contribution in [-0.2, 0) is 9.53 Å². The van der Waals surface area contributed by atoms with Crippen LogP contribution in [0.5, 0.6) is 0 Å². The molecule has 2 N–H and O–H groups in total. The number of amides is 1. The minimum absolute atomic E-state index is 0.123. The van der Waals surface area contributed by atoms with Crippen LogP contribution < -0.4 is 5.73 Å². The zero-order chi connectivity index (χ0) is 12.0. The van der Waals surface area contributed by atoms with Crippen LogP contribution in [0.15, 0.2) is 0 Å². The summed E-state index contributed by atoms with van der Waals surface area (Å²) in [7, 11) is 1.73. The summed E-state index contributed by atoms with van der Waals surface area (Å²) in [4.78, 5) is 13.8. The number of carbonyl (C=O) groups excluding carboxylic acids is 1. The zero-order valence-electron chi connectivity index (χ0n) is 10.4. The number of nitrogens with zero attached hydrogens (tertiary/aromatic N) is 1. The van der Waals surface area contributed by atoms with Gasteiger partial charge in [-0.05, 0) is 25.2 Å². The smallest absolute Gasteiger partial charge is 0.239 e. The van der Waals surface area contributed by atoms with E-state index >= 15 is 0 Å². The van der Waals surface area contributed by atoms with Crippen molar-refractivity contribution in [2.75, 3.05) is 26.8 Å². The van der Waals surface area contributed by atoms with Crippen molar-refractivity contribution in [2.24, 2.45) is 11.7 Å². The largest absolute Gasteiger partial charge is 0.384 e. The summed E-state index contributed by atoms with van der Waals surface area (Å²) in [6.45, 7) is 4.54. The van der Waals surface area contributed by atoms with Crippen molar-refractivity contribution in [1.82, 2.24) is 4.90 Å². The molecular formula is C12H24N2O2. The first-order valence-electron chi connectivity index (χ1n) is 6.22. The van der Waals surface area contributed by atoms with Gasteiger partial charge in [-0.2, -0.15) is 0 Å². The molecule has 16 heavy (non-hydrogen) atoms. The van der Waals surface area contributed by atoms with Gasteiger partial charge in [0.2, 0.25) is 5.91 Å². The maximum Gasteiger partial charge on any atom is 0.239 e. The highest BCUT2D eigenvalue weighted by Gasteiger charge is 2.25. The molecule has 1 atom stereocenters. The van der Waals surface area contributed by atoms with Crippen molar-refractivity contribution in [2.45, 2.75) is 38.6 Å². The molecule has 1 heterocycles. The Bertz CT molecular complexity index is 213. The van der Waals surface area contributed by atoms with E-state index in [0.717, 1.165) is 45.4 Å². The normalized spacial score (nSPS) is 19.8. The number of likely N-dealkylation sites (tertiary alicyclic amines) is 1. The average molecular weight is 228 g/mol. The zero-order valence-corrected chi connectivity index (χ0v) is 10.4. The van der Waals surface area contributed by atoms with Gasteiger partial charge in [0.25, 0.3) is 0 Å². The SMILES string of the molecule is CCCC(N)C(=O)N1CCC(COC)CC1. The quantitative estimate of drug-likeness (QED) is 0.763. The summed E-state index contributed by atoms with van der Waals surface area (Å²) in [5, 5.41) is 0. The summed E-state index contributed by atoms with van der Waals surface area (Å²) in [5.74, 6) is 0.731. The second-order valence-electron chi connectivity index (χ2n) is 4.62. The fourth-order valence-electron chi connectivity index (χ4n) is 2.22. The number of ether oxygens (including phenoxy) is 1. The van der Waals surface area contributed by atoms with Gasteiger partial charge in [-0.1, -0.05) is 13.3 Å². The number of nitrogens with two attached hydrogens (primary N) is 1. The molecule has 1 amide bonds. The Hall–Kier alpha value is -0.610. The number of hydrogen-bond acceptors (Lipinski definition) is 3. The van der Waals surface area contributed by atoms with Crippen LogP contribution in [-0.4, -0.2) is 43.7 Å². The summed E-state index contributed by atoms with van der Waals surface area (Å²) in [6.07, 6.45) is 3.83. The van der Waals surface area contributed by atoms with Gasteiger partial charge in [-0.15, -0.1) is 0 Å². The number of carbonyl (C=O) groups is 1. The molecule has 0 saturated carbocycles. The molecule has 0 aromatic carbocycles. The second-order valence-corrected chi connectivity index (χ2v) is 4.62. The van der Waals surface area contributed by atoms with Gasteiger partial charge >= 0.3 is 0 Å². The number of rotatable bonds is 5. The lowest BCUT2D eigenvalue weighted by molar-refractivity contribution is -0.134. The van der Waals surface area contributed by atoms with E-state index in [1.165, 1.54) is 0 Å². The van der Waals surface area contributed by atoms with E-state index in [2.05, 4.69) is 6.92 Å². The summed E-state index contributed by atoms with van der Waals surface area (Å²) in [5.41, 5.74) is 5.84. The molecule has 1 aliphatic heterocycles. The van der Waals surface area contributed by atoms with Crippen LogP contribution in [0.2, 0.25) is 0 Å². The van der Waals surface area contributed by atoms with Crippen LogP contribution in [0.4, 0.5) is 0 Å². The Balaban J connectivity index is 2.32. The number of piperidine rings is 1. The molecule has 0 aliphatic carbocycles. The van der Waals surface area contributed by atoms with E-state index in [9.17, 15) is 4.79 Å². The number of methoxy groups -OCH3 is 1. The maximum atomic E-state index is 11.9. The Morgan fingerprint density at radius 1 is 1.50 bits per heavy atom. The Morgan fingerprint density at radius 2 is 2.12 bits per heavy atom. The Labute approximate surface area is 98.1 Å². The van der Waals surface area contributed by atoms with E-state index in [4.69, 9.17) is 10.5 Å². The van der Waals surface area contributed by atoms with Crippen LogP contribution in [0.3, 0.4) is 0 Å². The topological polar surface area (TPSA) is 55.6 Å². The summed E-state index contributed by atoms with van der Waals surface area (Å²) < 4.78 is 5.13. The molecule has 0 aromatic rings. The predicted molar refractivity (Wildman–Crippen MR) is 64.1 cm³/mol. The molecular weight excluding hydrogens is 204 g/mol. The lowest BCUT2D eigenvalue weighted by Gasteiger charge is -2.33. The molecule has 94 valence electrons. The van der Waals surface area contributed by atoms with Crippen molar-refractivity contribution < 1.29 is 9.53 Å². The molecule has 4 heteroatoms. The van der Waals surface area contributed by atoms with E-state index in [-0.39, 0.29) is 11.9 Å². The summed E-state index contributed by atoms with van der Waals surface area (Å²) in [6, 6.07) is -0.302. The molecule has 1 aliphatic rings. The van der Waals surface area contributed by atoms with E-state index < -0.39 is 0 Å². The average Bonchev–Trinajstić information content (AvgIpc) is 2.30. The first kappa shape index (κ1) is 13.5. The van der Waals surface area contributed by atoms with Crippen LogP contribution >= 0.6 is 0 Å². The lowest BCUT2D eigenvalue weighted by atomic mass is 9.97. The molecule has 0 bridgehead atoms. The van der Waals surface area contributed by atoms with Crippen LogP contribution in [0.1, 0.15) is 32.6 Å². The van der Waals surface area contributed by atoms with Crippen molar-refractivity contribution in [3.05, 3.63) is 0 Å². The van der Waals surface area contributed by atoms with Gasteiger partial charge < -0.3 is 15.4 Å². The highest BCUT2D eigenvalue weighted by molar-refractivity contribution is 5.81. The highest BCUT2D eigenvalue weighted by Crippen LogP contribution is 2.18. The first-order chi connectivity index (χ1) is 7.69. The lowest BCUT2D eigenvalue weighted by Crippen LogP contribution is -2.47. The summed E-state index contributed by atoms with van der Waals surface area (Å²) >= 11 is 0. The Morgan fingerprint density at radius 3 is 2.62 bits per heavy atom. The van der Waals surface area contributed by atoms with Gasteiger partial charge in [-0.3, -0.25) is 4.79 Å². The molecule has 1 fully saturated rings. The van der Waals surface area contributed by atoms with Crippen LogP contribution in [0, 0.1) is 5.92 Å². The van der Waals surface area contributed by atoms with E-state index in [1.54, 1.807) is 7.11 Å². The Kier molecular flexibility index (Phi) is 5.77. The first-order valence-corrected chi connectivity index (χ1v) is 6.22. The predicted octanol–water partition coefficient (Wildman–Crippen LogP) is 0.999. The van der Waals surface area contributed by atoms with Crippen molar-refractivity contribution >= 4 is 5.91 Å². The third kappa shape index (κ3) is 3.76. The van der Waals surface area contributed by atoms with E-state index in [0.29, 0.717) is 5.92 Å². The fraction of sp³-hybridized carbons (Fsp3) is 0.917. The molecule has 1 saturated heterocycles. The monoisotopic (exact) mass is 228 g/mol. The maximum absolute atomic E-state index is 11.9. The van der Waals surface area contributed by atoms with Gasteiger partial charge in [0.15, 0.2) is 0 Å². The minimum atomic E-state index is -0.302. The van der Waals surface area contributed by atoms with Crippen LogP contribution in [0.25, 0.3) is 0 Å². The van der Waals surface area contributed by atoms with Gasteiger partial charge in [0.1, 0.15) is 0 Å². The van der Waals surface area contributed by atoms with E-state index in [1.807, 2.05) is 4.90 Å². The van der Waals surface area contributed by atoms with Crippen molar-refractivity contribution in [3.63, 3.8) is 0 Å². The third-order valence-electron chi connectivity index (χ3n) is 3.25. The molecule has 0 spiro atoms. The van der Waals surface area contributed by atoms with Crippen molar-refractivity contribution in [3.8, 4) is 0 Å². The van der Waals surface area contributed by atoms with Crippen molar-refractivity contribution in [1.29, 1.82) is 0 Å². The van der Waals surface area contributed by atoms with Gasteiger partial charge in [0, 0.05) is 26.8 Å². The van der Waals surface area contributed by atoms with Gasteiger partial charge in [-0.25, -0.2) is 0 Å². The fourth-order valence-corrected chi connectivity index (χ4v) is 2.22. The molecule has 4 nitrogen and oxygen atoms in total.